The number of aromatic amines is 1. The lowest BCUT2D eigenvalue weighted by atomic mass is 10.1. The van der Waals surface area contributed by atoms with Gasteiger partial charge in [0.15, 0.2) is 5.65 Å². The highest BCUT2D eigenvalue weighted by molar-refractivity contribution is 5.70. The van der Waals surface area contributed by atoms with Crippen molar-refractivity contribution in [3.63, 3.8) is 0 Å². The quantitative estimate of drug-likeness (QED) is 0.784. The van der Waals surface area contributed by atoms with Gasteiger partial charge in [-0.1, -0.05) is 30.7 Å². The number of aryl methyl sites for hydroxylation is 3. The average Bonchev–Trinajstić information content (AvgIpc) is 2.77. The molecule has 4 heteroatoms. The monoisotopic (exact) mass is 281 g/mol. The molecule has 0 aliphatic heterocycles. The van der Waals surface area contributed by atoms with Crippen LogP contribution in [0.25, 0.3) is 16.9 Å². The van der Waals surface area contributed by atoms with E-state index in [9.17, 15) is 4.79 Å². The largest absolute Gasteiger partial charge is 0.289 e. The zero-order valence-electron chi connectivity index (χ0n) is 12.8. The van der Waals surface area contributed by atoms with Gasteiger partial charge in [-0.05, 0) is 33.3 Å². The maximum atomic E-state index is 12.5. The van der Waals surface area contributed by atoms with Crippen molar-refractivity contribution in [1.82, 2.24) is 14.6 Å². The van der Waals surface area contributed by atoms with Crippen LogP contribution in [-0.2, 0) is 6.42 Å². The topological polar surface area (TPSA) is 50.2 Å². The molecule has 0 saturated carbocycles. The molecule has 4 nitrogen and oxygen atoms in total. The van der Waals surface area contributed by atoms with E-state index in [1.807, 2.05) is 32.9 Å². The smallest absolute Gasteiger partial charge is 0.276 e. The van der Waals surface area contributed by atoms with Gasteiger partial charge in [-0.25, -0.2) is 9.50 Å². The Morgan fingerprint density at radius 2 is 2.00 bits per heavy atom. The summed E-state index contributed by atoms with van der Waals surface area (Å²) < 4.78 is 1.57. The normalized spacial score (nSPS) is 11.2. The molecule has 0 saturated heterocycles. The summed E-state index contributed by atoms with van der Waals surface area (Å²) in [4.78, 5) is 17.1. The second-order valence-corrected chi connectivity index (χ2v) is 5.47. The summed E-state index contributed by atoms with van der Waals surface area (Å²) in [6, 6.07) is 8.24. The van der Waals surface area contributed by atoms with Gasteiger partial charge in [0.2, 0.25) is 0 Å². The molecule has 2 aromatic heterocycles. The molecule has 1 aromatic carbocycles. The highest BCUT2D eigenvalue weighted by Gasteiger charge is 2.15. The second-order valence-electron chi connectivity index (χ2n) is 5.47. The van der Waals surface area contributed by atoms with Crippen LogP contribution in [0.15, 0.2) is 29.1 Å². The van der Waals surface area contributed by atoms with E-state index in [4.69, 9.17) is 0 Å². The van der Waals surface area contributed by atoms with Crippen molar-refractivity contribution in [2.75, 3.05) is 0 Å². The van der Waals surface area contributed by atoms with E-state index in [-0.39, 0.29) is 5.56 Å². The average molecular weight is 281 g/mol. The van der Waals surface area contributed by atoms with Crippen molar-refractivity contribution in [3.8, 4) is 11.3 Å². The fourth-order valence-electron chi connectivity index (χ4n) is 2.81. The van der Waals surface area contributed by atoms with Crippen LogP contribution in [0.5, 0.6) is 0 Å². The Hall–Kier alpha value is -2.36. The Morgan fingerprint density at radius 1 is 1.24 bits per heavy atom. The van der Waals surface area contributed by atoms with E-state index in [1.54, 1.807) is 4.52 Å². The molecule has 0 spiro atoms. The van der Waals surface area contributed by atoms with Crippen LogP contribution in [0.1, 0.15) is 29.3 Å². The lowest BCUT2D eigenvalue weighted by molar-refractivity contribution is 0.855. The van der Waals surface area contributed by atoms with Crippen molar-refractivity contribution in [1.29, 1.82) is 0 Å². The minimum Gasteiger partial charge on any atom is -0.289 e. The number of aromatic nitrogens is 3. The van der Waals surface area contributed by atoms with Gasteiger partial charge in [-0.15, -0.1) is 0 Å². The van der Waals surface area contributed by atoms with E-state index >= 15 is 0 Å². The van der Waals surface area contributed by atoms with Gasteiger partial charge in [0.1, 0.15) is 0 Å². The molecular weight excluding hydrogens is 262 g/mol. The second kappa shape index (κ2) is 4.88. The van der Waals surface area contributed by atoms with Gasteiger partial charge in [0, 0.05) is 22.4 Å². The van der Waals surface area contributed by atoms with Crippen LogP contribution < -0.4 is 5.56 Å². The van der Waals surface area contributed by atoms with E-state index in [1.165, 1.54) is 5.56 Å². The minimum atomic E-state index is 0.00185. The summed E-state index contributed by atoms with van der Waals surface area (Å²) >= 11 is 0. The van der Waals surface area contributed by atoms with Crippen LogP contribution in [0, 0.1) is 20.8 Å². The SMILES string of the molecule is CCc1c(C)nc2c(C)c(-c3cccc(C)c3)[nH]n2c1=O. The third-order valence-corrected chi connectivity index (χ3v) is 3.98. The number of nitrogens with one attached hydrogen (secondary N) is 1. The maximum absolute atomic E-state index is 12.5. The summed E-state index contributed by atoms with van der Waals surface area (Å²) in [5.74, 6) is 0. The first-order chi connectivity index (χ1) is 10.0. The first-order valence-corrected chi connectivity index (χ1v) is 7.20. The maximum Gasteiger partial charge on any atom is 0.276 e. The van der Waals surface area contributed by atoms with Crippen molar-refractivity contribution < 1.29 is 0 Å². The van der Waals surface area contributed by atoms with Gasteiger partial charge >= 0.3 is 0 Å². The van der Waals surface area contributed by atoms with Crippen LogP contribution in [0.3, 0.4) is 0 Å². The summed E-state index contributed by atoms with van der Waals surface area (Å²) in [5.41, 5.74) is 6.53. The van der Waals surface area contributed by atoms with Gasteiger partial charge in [-0.2, -0.15) is 0 Å². The van der Waals surface area contributed by atoms with Gasteiger partial charge in [0.05, 0.1) is 5.69 Å². The molecule has 0 atom stereocenters. The van der Waals surface area contributed by atoms with Gasteiger partial charge < -0.3 is 0 Å². The van der Waals surface area contributed by atoms with Crippen LogP contribution in [0.2, 0.25) is 0 Å². The fraction of sp³-hybridized carbons (Fsp3) is 0.294. The molecular formula is C17H19N3O. The molecule has 0 aliphatic carbocycles. The van der Waals surface area contributed by atoms with E-state index in [0.29, 0.717) is 12.1 Å². The molecule has 0 aliphatic rings. The molecule has 0 unspecified atom stereocenters. The molecule has 2 heterocycles. The molecule has 0 radical (unpaired) electrons. The van der Waals surface area contributed by atoms with E-state index in [2.05, 4.69) is 29.1 Å². The number of hydrogen-bond acceptors (Lipinski definition) is 2. The van der Waals surface area contributed by atoms with Crippen molar-refractivity contribution >= 4 is 5.65 Å². The molecule has 108 valence electrons. The standard InChI is InChI=1S/C17H19N3O/c1-5-14-12(4)18-16-11(3)15(19-20(16)17(14)21)13-8-6-7-10(2)9-13/h6-9,19H,5H2,1-4H3. The third-order valence-electron chi connectivity index (χ3n) is 3.98. The number of benzene rings is 1. The predicted molar refractivity (Wildman–Crippen MR) is 84.8 cm³/mol. The van der Waals surface area contributed by atoms with E-state index in [0.717, 1.165) is 28.1 Å². The number of fused-ring (bicyclic) bond motifs is 1. The summed E-state index contributed by atoms with van der Waals surface area (Å²) in [6.45, 7) is 7.94. The van der Waals surface area contributed by atoms with Crippen molar-refractivity contribution in [2.24, 2.45) is 0 Å². The highest BCUT2D eigenvalue weighted by atomic mass is 16.1. The lowest BCUT2D eigenvalue weighted by Crippen LogP contribution is -2.21. The first-order valence-electron chi connectivity index (χ1n) is 7.20. The molecule has 3 aromatic rings. The molecule has 0 amide bonds. The van der Waals surface area contributed by atoms with Gasteiger partial charge in [-0.3, -0.25) is 9.89 Å². The Morgan fingerprint density at radius 3 is 2.67 bits per heavy atom. The molecule has 0 fully saturated rings. The van der Waals surface area contributed by atoms with E-state index < -0.39 is 0 Å². The third kappa shape index (κ3) is 2.07. The molecule has 21 heavy (non-hydrogen) atoms. The zero-order chi connectivity index (χ0) is 15.1. The minimum absolute atomic E-state index is 0.00185. The van der Waals surface area contributed by atoms with Gasteiger partial charge in [0.25, 0.3) is 5.56 Å². The van der Waals surface area contributed by atoms with Crippen molar-refractivity contribution in [2.45, 2.75) is 34.1 Å². The van der Waals surface area contributed by atoms with Crippen LogP contribution in [0.4, 0.5) is 0 Å². The number of hydrogen-bond donors (Lipinski definition) is 1. The predicted octanol–water partition coefficient (Wildman–Crippen LogP) is 3.18. The van der Waals surface area contributed by atoms with Crippen molar-refractivity contribution in [3.05, 3.63) is 57.0 Å². The van der Waals surface area contributed by atoms with Crippen LogP contribution >= 0.6 is 0 Å². The lowest BCUT2D eigenvalue weighted by Gasteiger charge is -2.02. The zero-order valence-corrected chi connectivity index (χ0v) is 12.8. The molecule has 3 rings (SSSR count). The summed E-state index contributed by atoms with van der Waals surface area (Å²) in [6.07, 6.45) is 0.693. The summed E-state index contributed by atoms with van der Waals surface area (Å²) in [5, 5.41) is 3.22. The Labute approximate surface area is 123 Å². The number of nitrogens with zero attached hydrogens (tertiary/aromatic N) is 2. The first kappa shape index (κ1) is 13.6. The number of H-pyrrole nitrogens is 1. The number of rotatable bonds is 2. The fourth-order valence-corrected chi connectivity index (χ4v) is 2.81. The Bertz CT molecular complexity index is 887. The molecule has 0 bridgehead atoms. The van der Waals surface area contributed by atoms with Crippen LogP contribution in [-0.4, -0.2) is 14.6 Å². The highest BCUT2D eigenvalue weighted by Crippen LogP contribution is 2.24. The Kier molecular flexibility index (Phi) is 3.16. The summed E-state index contributed by atoms with van der Waals surface area (Å²) in [7, 11) is 0. The Balaban J connectivity index is 2.35. The molecule has 1 N–H and O–H groups in total.